The van der Waals surface area contributed by atoms with E-state index in [1.807, 2.05) is 24.5 Å². The minimum atomic E-state index is 0.154. The normalized spacial score (nSPS) is 19.9. The molecular formula is C23H25N3O. The predicted molar refractivity (Wildman–Crippen MR) is 109 cm³/mol. The van der Waals surface area contributed by atoms with Crippen molar-refractivity contribution in [2.24, 2.45) is 5.73 Å². The van der Waals surface area contributed by atoms with E-state index in [0.29, 0.717) is 5.92 Å². The molecule has 0 amide bonds. The highest BCUT2D eigenvalue weighted by Crippen LogP contribution is 2.31. The first-order chi connectivity index (χ1) is 13.2. The lowest BCUT2D eigenvalue weighted by Gasteiger charge is -2.19. The van der Waals surface area contributed by atoms with Crippen molar-refractivity contribution in [3.05, 3.63) is 84.2 Å². The standard InChI is InChI=1S/C23H25N3O/c1-27-23-8-7-19(17-9-11-25-12-10-17)13-20(23)14-26-15-21(22(24)16-26)18-5-3-2-4-6-18/h2-13,21-22H,14-16,24H2,1H3/t21-,22+/m0/s1. The molecule has 0 spiro atoms. The van der Waals surface area contributed by atoms with Crippen LogP contribution in [-0.4, -0.2) is 36.1 Å². The second-order valence-corrected chi connectivity index (χ2v) is 7.14. The molecule has 0 bridgehead atoms. The zero-order valence-corrected chi connectivity index (χ0v) is 15.6. The van der Waals surface area contributed by atoms with Crippen LogP contribution in [0.25, 0.3) is 11.1 Å². The molecule has 3 aromatic rings. The van der Waals surface area contributed by atoms with Crippen LogP contribution in [-0.2, 0) is 6.54 Å². The van der Waals surface area contributed by atoms with Gasteiger partial charge in [-0.3, -0.25) is 9.88 Å². The van der Waals surface area contributed by atoms with Gasteiger partial charge in [0.1, 0.15) is 5.75 Å². The highest BCUT2D eigenvalue weighted by molar-refractivity contribution is 5.65. The Hall–Kier alpha value is -2.69. The Morgan fingerprint density at radius 2 is 1.78 bits per heavy atom. The summed E-state index contributed by atoms with van der Waals surface area (Å²) >= 11 is 0. The molecule has 4 heteroatoms. The van der Waals surface area contributed by atoms with Gasteiger partial charge < -0.3 is 10.5 Å². The fourth-order valence-electron chi connectivity index (χ4n) is 3.96. The van der Waals surface area contributed by atoms with Gasteiger partial charge >= 0.3 is 0 Å². The molecule has 1 aliphatic heterocycles. The lowest BCUT2D eigenvalue weighted by atomic mass is 9.95. The molecule has 2 aromatic carbocycles. The monoisotopic (exact) mass is 359 g/mol. The van der Waals surface area contributed by atoms with Crippen molar-refractivity contribution in [2.75, 3.05) is 20.2 Å². The van der Waals surface area contributed by atoms with E-state index in [9.17, 15) is 0 Å². The molecule has 0 radical (unpaired) electrons. The van der Waals surface area contributed by atoms with Gasteiger partial charge in [0, 0.05) is 49.6 Å². The summed E-state index contributed by atoms with van der Waals surface area (Å²) in [6, 6.07) is 21.2. The molecule has 1 fully saturated rings. The highest BCUT2D eigenvalue weighted by Gasteiger charge is 2.31. The van der Waals surface area contributed by atoms with Gasteiger partial charge in [-0.15, -0.1) is 0 Å². The van der Waals surface area contributed by atoms with Crippen molar-refractivity contribution < 1.29 is 4.74 Å². The summed E-state index contributed by atoms with van der Waals surface area (Å²) in [6.45, 7) is 2.69. The van der Waals surface area contributed by atoms with Crippen LogP contribution >= 0.6 is 0 Å². The number of benzene rings is 2. The molecule has 1 aromatic heterocycles. The van der Waals surface area contributed by atoms with Gasteiger partial charge in [-0.1, -0.05) is 36.4 Å². The van der Waals surface area contributed by atoms with Crippen LogP contribution in [0.3, 0.4) is 0 Å². The largest absolute Gasteiger partial charge is 0.496 e. The number of hydrogen-bond donors (Lipinski definition) is 1. The first kappa shape index (κ1) is 17.7. The van der Waals surface area contributed by atoms with Crippen molar-refractivity contribution >= 4 is 0 Å². The Morgan fingerprint density at radius 1 is 1.00 bits per heavy atom. The number of likely N-dealkylation sites (tertiary alicyclic amines) is 1. The van der Waals surface area contributed by atoms with Crippen LogP contribution in [0, 0.1) is 0 Å². The van der Waals surface area contributed by atoms with E-state index in [-0.39, 0.29) is 6.04 Å². The first-order valence-corrected chi connectivity index (χ1v) is 9.35. The van der Waals surface area contributed by atoms with E-state index >= 15 is 0 Å². The molecule has 2 heterocycles. The molecule has 138 valence electrons. The predicted octanol–water partition coefficient (Wildman–Crippen LogP) is 3.68. The van der Waals surface area contributed by atoms with Crippen LogP contribution < -0.4 is 10.5 Å². The maximum absolute atomic E-state index is 6.47. The Bertz CT molecular complexity index is 883. The molecule has 27 heavy (non-hydrogen) atoms. The second kappa shape index (κ2) is 7.91. The van der Waals surface area contributed by atoms with E-state index in [1.54, 1.807) is 7.11 Å². The summed E-state index contributed by atoms with van der Waals surface area (Å²) in [5, 5.41) is 0. The molecule has 0 saturated carbocycles. The van der Waals surface area contributed by atoms with E-state index in [0.717, 1.165) is 30.9 Å². The van der Waals surface area contributed by atoms with Gasteiger partial charge in [0.05, 0.1) is 7.11 Å². The van der Waals surface area contributed by atoms with Gasteiger partial charge in [-0.2, -0.15) is 0 Å². The summed E-state index contributed by atoms with van der Waals surface area (Å²) in [7, 11) is 1.73. The molecule has 1 aliphatic rings. The minimum Gasteiger partial charge on any atom is -0.496 e. The zero-order valence-electron chi connectivity index (χ0n) is 15.6. The zero-order chi connectivity index (χ0) is 18.6. The smallest absolute Gasteiger partial charge is 0.123 e. The Labute approximate surface area is 160 Å². The third-order valence-electron chi connectivity index (χ3n) is 5.36. The molecular weight excluding hydrogens is 334 g/mol. The van der Waals surface area contributed by atoms with Crippen LogP contribution in [0.15, 0.2) is 73.1 Å². The summed E-state index contributed by atoms with van der Waals surface area (Å²) in [6.07, 6.45) is 3.65. The summed E-state index contributed by atoms with van der Waals surface area (Å²) in [5.74, 6) is 1.30. The number of rotatable bonds is 5. The van der Waals surface area contributed by atoms with Crippen molar-refractivity contribution in [1.82, 2.24) is 9.88 Å². The molecule has 0 aliphatic carbocycles. The lowest BCUT2D eigenvalue weighted by molar-refractivity contribution is 0.314. The van der Waals surface area contributed by atoms with Crippen LogP contribution in [0.5, 0.6) is 5.75 Å². The molecule has 4 rings (SSSR count). The molecule has 2 atom stereocenters. The molecule has 2 N–H and O–H groups in total. The number of ether oxygens (including phenoxy) is 1. The first-order valence-electron chi connectivity index (χ1n) is 9.35. The SMILES string of the molecule is COc1ccc(-c2ccncc2)cc1CN1C[C@@H](N)[C@H](c2ccccc2)C1. The summed E-state index contributed by atoms with van der Waals surface area (Å²) in [5.41, 5.74) is 11.3. The number of methoxy groups -OCH3 is 1. The Morgan fingerprint density at radius 3 is 2.52 bits per heavy atom. The van der Waals surface area contributed by atoms with Crippen LogP contribution in [0.1, 0.15) is 17.0 Å². The lowest BCUT2D eigenvalue weighted by Crippen LogP contribution is -2.28. The molecule has 4 nitrogen and oxygen atoms in total. The van der Waals surface area contributed by atoms with Crippen LogP contribution in [0.2, 0.25) is 0 Å². The van der Waals surface area contributed by atoms with E-state index in [4.69, 9.17) is 10.5 Å². The van der Waals surface area contributed by atoms with Gasteiger partial charge in [0.2, 0.25) is 0 Å². The number of nitrogens with zero attached hydrogens (tertiary/aromatic N) is 2. The average molecular weight is 359 g/mol. The Balaban J connectivity index is 1.55. The maximum Gasteiger partial charge on any atom is 0.123 e. The van der Waals surface area contributed by atoms with Gasteiger partial charge in [-0.25, -0.2) is 0 Å². The fourth-order valence-corrected chi connectivity index (χ4v) is 3.96. The molecule has 1 saturated heterocycles. The summed E-state index contributed by atoms with van der Waals surface area (Å²) < 4.78 is 5.61. The summed E-state index contributed by atoms with van der Waals surface area (Å²) in [4.78, 5) is 6.54. The third-order valence-corrected chi connectivity index (χ3v) is 5.36. The molecule has 0 unspecified atom stereocenters. The van der Waals surface area contributed by atoms with Crippen molar-refractivity contribution in [3.8, 4) is 16.9 Å². The maximum atomic E-state index is 6.47. The topological polar surface area (TPSA) is 51.4 Å². The van der Waals surface area contributed by atoms with Crippen molar-refractivity contribution in [3.63, 3.8) is 0 Å². The highest BCUT2D eigenvalue weighted by atomic mass is 16.5. The average Bonchev–Trinajstić information content (AvgIpc) is 3.09. The van der Waals surface area contributed by atoms with Crippen molar-refractivity contribution in [2.45, 2.75) is 18.5 Å². The minimum absolute atomic E-state index is 0.154. The quantitative estimate of drug-likeness (QED) is 0.755. The number of nitrogens with two attached hydrogens (primary N) is 1. The van der Waals surface area contributed by atoms with E-state index in [1.165, 1.54) is 16.7 Å². The third kappa shape index (κ3) is 3.87. The number of hydrogen-bond acceptors (Lipinski definition) is 4. The number of pyridine rings is 1. The number of aromatic nitrogens is 1. The second-order valence-electron chi connectivity index (χ2n) is 7.14. The van der Waals surface area contributed by atoms with Gasteiger partial charge in [-0.05, 0) is 41.0 Å². The van der Waals surface area contributed by atoms with Crippen LogP contribution in [0.4, 0.5) is 0 Å². The van der Waals surface area contributed by atoms with E-state index < -0.39 is 0 Å². The van der Waals surface area contributed by atoms with Gasteiger partial charge in [0.15, 0.2) is 0 Å². The Kier molecular flexibility index (Phi) is 5.19. The van der Waals surface area contributed by atoms with Gasteiger partial charge in [0.25, 0.3) is 0 Å². The fraction of sp³-hybridized carbons (Fsp3) is 0.261. The van der Waals surface area contributed by atoms with E-state index in [2.05, 4.69) is 58.4 Å². The van der Waals surface area contributed by atoms with Crippen molar-refractivity contribution in [1.29, 1.82) is 0 Å².